The number of amides is 3. The third-order valence-electron chi connectivity index (χ3n) is 6.10. The van der Waals surface area contributed by atoms with Gasteiger partial charge in [0.05, 0.1) is 6.61 Å². The summed E-state index contributed by atoms with van der Waals surface area (Å²) in [6.45, 7) is 14.6. The molecule has 1 rings (SSSR count). The second-order valence-corrected chi connectivity index (χ2v) is 9.36. The van der Waals surface area contributed by atoms with Crippen molar-refractivity contribution in [2.45, 2.75) is 69.9 Å². The highest BCUT2D eigenvalue weighted by Gasteiger charge is 2.43. The van der Waals surface area contributed by atoms with E-state index in [4.69, 9.17) is 23.7 Å². The number of rotatable bonds is 23. The molecule has 12 heteroatoms. The van der Waals surface area contributed by atoms with E-state index < -0.39 is 30.4 Å². The van der Waals surface area contributed by atoms with Crippen LogP contribution in [0.15, 0.2) is 38.0 Å². The zero-order valence-corrected chi connectivity index (χ0v) is 24.2. The fraction of sp³-hybridized carbons (Fsp3) is 0.655. The lowest BCUT2D eigenvalue weighted by molar-refractivity contribution is -0.238. The zero-order chi connectivity index (χ0) is 30.3. The van der Waals surface area contributed by atoms with Gasteiger partial charge in [-0.3, -0.25) is 19.2 Å². The molecule has 1 heterocycles. The average Bonchev–Trinajstić information content (AvgIpc) is 2.97. The molecule has 1 aliphatic heterocycles. The Morgan fingerprint density at radius 3 is 1.59 bits per heavy atom. The van der Waals surface area contributed by atoms with E-state index in [1.807, 2.05) is 0 Å². The molecular formula is C29H47N3O9. The molecule has 0 saturated carbocycles. The summed E-state index contributed by atoms with van der Waals surface area (Å²) in [6.07, 6.45) is 5.86. The number of esters is 1. The Labute approximate surface area is 243 Å². The van der Waals surface area contributed by atoms with Crippen LogP contribution >= 0.6 is 0 Å². The maximum Gasteiger partial charge on any atom is 0.302 e. The molecule has 4 atom stereocenters. The molecule has 0 aliphatic carbocycles. The standard InChI is InChI=1S/C29H47N3O9/c1-5-25(34)30-14-8-11-17-37-23-21-41-24(20-40-22(4)33)29(39-19-13-10-16-32-27(36)7-3)28(23)38-18-12-9-15-31-26(35)6-2/h5-7,23-24,28-29H,1-3,8-21H2,4H3,(H,30,34)(H,31,35)(H,32,36). The van der Waals surface area contributed by atoms with Crippen LogP contribution in [-0.2, 0) is 42.9 Å². The monoisotopic (exact) mass is 581 g/mol. The fourth-order valence-electron chi connectivity index (χ4n) is 3.93. The lowest BCUT2D eigenvalue weighted by atomic mass is 9.99. The third kappa shape index (κ3) is 16.7. The van der Waals surface area contributed by atoms with Gasteiger partial charge in [-0.05, 0) is 56.8 Å². The second-order valence-electron chi connectivity index (χ2n) is 9.36. The van der Waals surface area contributed by atoms with Crippen LogP contribution in [0.25, 0.3) is 0 Å². The van der Waals surface area contributed by atoms with Gasteiger partial charge >= 0.3 is 5.97 Å². The molecule has 4 unspecified atom stereocenters. The Hall–Kier alpha value is -3.06. The van der Waals surface area contributed by atoms with E-state index in [0.717, 1.165) is 6.42 Å². The van der Waals surface area contributed by atoms with Gasteiger partial charge in [-0.1, -0.05) is 19.7 Å². The molecule has 1 fully saturated rings. The number of hydrogen-bond donors (Lipinski definition) is 3. The normalized spacial score (nSPS) is 19.9. The van der Waals surface area contributed by atoms with Crippen molar-refractivity contribution >= 4 is 23.7 Å². The van der Waals surface area contributed by atoms with Crippen LogP contribution in [0.4, 0.5) is 0 Å². The SMILES string of the molecule is C=CC(=O)NCCCCOC1COC(COC(C)=O)C(OCCCCNC(=O)C=C)C1OCCCCNC(=O)C=C. The molecule has 0 bridgehead atoms. The number of hydrogen-bond acceptors (Lipinski definition) is 9. The van der Waals surface area contributed by atoms with Gasteiger partial charge in [-0.15, -0.1) is 0 Å². The molecule has 1 saturated heterocycles. The summed E-state index contributed by atoms with van der Waals surface area (Å²) in [4.78, 5) is 45.5. The molecule has 12 nitrogen and oxygen atoms in total. The zero-order valence-electron chi connectivity index (χ0n) is 24.2. The molecule has 0 spiro atoms. The Morgan fingerprint density at radius 1 is 0.707 bits per heavy atom. The number of carbonyl (C=O) groups is 4. The van der Waals surface area contributed by atoms with Crippen molar-refractivity contribution in [3.05, 3.63) is 38.0 Å². The van der Waals surface area contributed by atoms with Crippen LogP contribution in [-0.4, -0.2) is 101 Å². The van der Waals surface area contributed by atoms with Crippen LogP contribution < -0.4 is 16.0 Å². The molecule has 3 amide bonds. The summed E-state index contributed by atoms with van der Waals surface area (Å²) >= 11 is 0. The lowest BCUT2D eigenvalue weighted by Gasteiger charge is -2.42. The van der Waals surface area contributed by atoms with Crippen molar-refractivity contribution in [1.82, 2.24) is 16.0 Å². The molecule has 0 aromatic rings. The molecule has 232 valence electrons. The van der Waals surface area contributed by atoms with Crippen LogP contribution in [0.2, 0.25) is 0 Å². The minimum Gasteiger partial charge on any atom is -0.463 e. The van der Waals surface area contributed by atoms with Crippen molar-refractivity contribution in [1.29, 1.82) is 0 Å². The number of carbonyl (C=O) groups excluding carboxylic acids is 4. The van der Waals surface area contributed by atoms with E-state index in [1.165, 1.54) is 25.2 Å². The predicted molar refractivity (Wildman–Crippen MR) is 153 cm³/mol. The summed E-state index contributed by atoms with van der Waals surface area (Å²) in [5.41, 5.74) is 0. The van der Waals surface area contributed by atoms with Gasteiger partial charge in [0.15, 0.2) is 0 Å². The van der Waals surface area contributed by atoms with Crippen molar-refractivity contribution < 1.29 is 42.9 Å². The molecule has 41 heavy (non-hydrogen) atoms. The first kappa shape index (κ1) is 36.0. The average molecular weight is 582 g/mol. The first-order valence-corrected chi connectivity index (χ1v) is 14.1. The number of ether oxygens (including phenoxy) is 5. The van der Waals surface area contributed by atoms with Crippen molar-refractivity contribution in [2.75, 3.05) is 52.7 Å². The largest absolute Gasteiger partial charge is 0.463 e. The van der Waals surface area contributed by atoms with Gasteiger partial charge in [0.1, 0.15) is 31.0 Å². The highest BCUT2D eigenvalue weighted by atomic mass is 16.6. The lowest BCUT2D eigenvalue weighted by Crippen LogP contribution is -2.57. The van der Waals surface area contributed by atoms with Gasteiger partial charge < -0.3 is 39.6 Å². The highest BCUT2D eigenvalue weighted by molar-refractivity contribution is 5.87. The van der Waals surface area contributed by atoms with Crippen molar-refractivity contribution in [2.24, 2.45) is 0 Å². The van der Waals surface area contributed by atoms with E-state index in [9.17, 15) is 19.2 Å². The minimum atomic E-state index is -0.566. The fourth-order valence-corrected chi connectivity index (χ4v) is 3.93. The van der Waals surface area contributed by atoms with Gasteiger partial charge in [0, 0.05) is 46.4 Å². The second kappa shape index (κ2) is 22.6. The summed E-state index contributed by atoms with van der Waals surface area (Å²) < 4.78 is 29.9. The summed E-state index contributed by atoms with van der Waals surface area (Å²) in [5.74, 6) is -1.09. The van der Waals surface area contributed by atoms with Gasteiger partial charge in [0.2, 0.25) is 17.7 Å². The van der Waals surface area contributed by atoms with Crippen molar-refractivity contribution in [3.63, 3.8) is 0 Å². The topological polar surface area (TPSA) is 151 Å². The molecule has 1 aliphatic rings. The van der Waals surface area contributed by atoms with E-state index in [1.54, 1.807) is 0 Å². The van der Waals surface area contributed by atoms with Crippen molar-refractivity contribution in [3.8, 4) is 0 Å². The van der Waals surface area contributed by atoms with Crippen LogP contribution in [0.3, 0.4) is 0 Å². The van der Waals surface area contributed by atoms with Gasteiger partial charge in [-0.25, -0.2) is 0 Å². The Morgan fingerprint density at radius 2 is 1.15 bits per heavy atom. The van der Waals surface area contributed by atoms with E-state index in [2.05, 4.69) is 35.7 Å². The molecule has 0 radical (unpaired) electrons. The maximum atomic E-state index is 11.5. The van der Waals surface area contributed by atoms with E-state index >= 15 is 0 Å². The number of nitrogens with one attached hydrogen (secondary N) is 3. The minimum absolute atomic E-state index is 0.0125. The first-order chi connectivity index (χ1) is 19.8. The Bertz CT molecular complexity index is 836. The number of unbranched alkanes of at least 4 members (excludes halogenated alkanes) is 3. The van der Waals surface area contributed by atoms with Crippen LogP contribution in [0.1, 0.15) is 45.4 Å². The molecule has 0 aromatic carbocycles. The van der Waals surface area contributed by atoms with Crippen LogP contribution in [0, 0.1) is 0 Å². The van der Waals surface area contributed by atoms with Gasteiger partial charge in [-0.2, -0.15) is 0 Å². The first-order valence-electron chi connectivity index (χ1n) is 14.1. The molecular weight excluding hydrogens is 534 g/mol. The maximum absolute atomic E-state index is 11.5. The Balaban J connectivity index is 2.78. The Kier molecular flexibility index (Phi) is 19.8. The van der Waals surface area contributed by atoms with Crippen LogP contribution in [0.5, 0.6) is 0 Å². The van der Waals surface area contributed by atoms with Gasteiger partial charge in [0.25, 0.3) is 0 Å². The summed E-state index contributed by atoms with van der Waals surface area (Å²) in [5, 5.41) is 8.21. The predicted octanol–water partition coefficient (Wildman–Crippen LogP) is 1.35. The highest BCUT2D eigenvalue weighted by Crippen LogP contribution is 2.25. The summed E-state index contributed by atoms with van der Waals surface area (Å²) in [6, 6.07) is 0. The van der Waals surface area contributed by atoms with E-state index in [0.29, 0.717) is 71.6 Å². The molecule has 0 aromatic heterocycles. The molecule has 3 N–H and O–H groups in total. The third-order valence-corrected chi connectivity index (χ3v) is 6.10. The summed E-state index contributed by atoms with van der Waals surface area (Å²) in [7, 11) is 0. The quantitative estimate of drug-likeness (QED) is 0.0923. The smallest absolute Gasteiger partial charge is 0.302 e. The van der Waals surface area contributed by atoms with E-state index in [-0.39, 0.29) is 30.9 Å².